The minimum absolute atomic E-state index is 0.444. The lowest BCUT2D eigenvalue weighted by Crippen LogP contribution is -2.35. The van der Waals surface area contributed by atoms with Gasteiger partial charge in [0.15, 0.2) is 0 Å². The van der Waals surface area contributed by atoms with Crippen molar-refractivity contribution in [2.75, 3.05) is 32.8 Å². The fraction of sp³-hybridized carbons (Fsp3) is 0.571. The van der Waals surface area contributed by atoms with E-state index in [4.69, 9.17) is 10.5 Å². The van der Waals surface area contributed by atoms with Crippen molar-refractivity contribution >= 4 is 0 Å². The van der Waals surface area contributed by atoms with Crippen molar-refractivity contribution in [3.05, 3.63) is 35.4 Å². The molecule has 0 bridgehead atoms. The fourth-order valence-corrected chi connectivity index (χ4v) is 2.15. The number of nitrogens with two attached hydrogens (primary N) is 1. The third-order valence-corrected chi connectivity index (χ3v) is 3.38. The quantitative estimate of drug-likeness (QED) is 0.859. The molecule has 2 rings (SSSR count). The molecule has 0 saturated carbocycles. The molecule has 1 heterocycles. The highest BCUT2D eigenvalue weighted by Gasteiger charge is 2.11. The van der Waals surface area contributed by atoms with Crippen LogP contribution in [0.1, 0.15) is 24.0 Å². The Kier molecular flexibility index (Phi) is 4.54. The van der Waals surface area contributed by atoms with Crippen molar-refractivity contribution in [1.29, 1.82) is 0 Å². The topological polar surface area (TPSA) is 38.5 Å². The monoisotopic (exact) mass is 234 g/mol. The number of morpholine rings is 1. The first-order valence-corrected chi connectivity index (χ1v) is 6.38. The molecule has 17 heavy (non-hydrogen) atoms. The van der Waals surface area contributed by atoms with E-state index in [1.807, 2.05) is 0 Å². The second kappa shape index (κ2) is 6.15. The SMILES string of the molecule is CC(CN)c1cccc(CN2CCOCC2)c1. The largest absolute Gasteiger partial charge is 0.379 e. The lowest BCUT2D eigenvalue weighted by molar-refractivity contribution is 0.0342. The first-order valence-electron chi connectivity index (χ1n) is 6.38. The lowest BCUT2D eigenvalue weighted by Gasteiger charge is -2.26. The van der Waals surface area contributed by atoms with Gasteiger partial charge in [0.2, 0.25) is 0 Å². The number of ether oxygens (including phenoxy) is 1. The predicted octanol–water partition coefficient (Wildman–Crippen LogP) is 1.58. The third kappa shape index (κ3) is 3.53. The van der Waals surface area contributed by atoms with Crippen molar-refractivity contribution in [2.24, 2.45) is 5.73 Å². The van der Waals surface area contributed by atoms with Crippen LogP contribution < -0.4 is 5.73 Å². The van der Waals surface area contributed by atoms with Gasteiger partial charge >= 0.3 is 0 Å². The number of hydrogen-bond acceptors (Lipinski definition) is 3. The molecule has 94 valence electrons. The average Bonchev–Trinajstić information content (AvgIpc) is 2.39. The molecular weight excluding hydrogens is 212 g/mol. The summed E-state index contributed by atoms with van der Waals surface area (Å²) in [7, 11) is 0. The molecule has 0 amide bonds. The molecule has 1 aromatic carbocycles. The summed E-state index contributed by atoms with van der Waals surface area (Å²) in [6, 6.07) is 8.78. The Labute approximate surface area is 104 Å². The molecular formula is C14H22N2O. The summed E-state index contributed by atoms with van der Waals surface area (Å²) in [5, 5.41) is 0. The Morgan fingerprint density at radius 2 is 2.12 bits per heavy atom. The van der Waals surface area contributed by atoms with Crippen LogP contribution in [0.5, 0.6) is 0 Å². The van der Waals surface area contributed by atoms with Crippen LogP contribution in [0.25, 0.3) is 0 Å². The van der Waals surface area contributed by atoms with Gasteiger partial charge in [-0.1, -0.05) is 31.2 Å². The highest BCUT2D eigenvalue weighted by molar-refractivity contribution is 5.26. The molecule has 1 fully saturated rings. The number of benzene rings is 1. The van der Waals surface area contributed by atoms with E-state index >= 15 is 0 Å². The Morgan fingerprint density at radius 1 is 1.35 bits per heavy atom. The first kappa shape index (κ1) is 12.6. The van der Waals surface area contributed by atoms with Crippen molar-refractivity contribution < 1.29 is 4.74 Å². The molecule has 0 aromatic heterocycles. The maximum atomic E-state index is 5.71. The van der Waals surface area contributed by atoms with Crippen LogP contribution in [0, 0.1) is 0 Å². The molecule has 3 heteroatoms. The predicted molar refractivity (Wildman–Crippen MR) is 70.0 cm³/mol. The van der Waals surface area contributed by atoms with Gasteiger partial charge in [-0.15, -0.1) is 0 Å². The Bertz CT molecular complexity index is 348. The van der Waals surface area contributed by atoms with Crippen LogP contribution in [0.4, 0.5) is 0 Å². The van der Waals surface area contributed by atoms with Crippen LogP contribution in [-0.2, 0) is 11.3 Å². The second-order valence-electron chi connectivity index (χ2n) is 4.77. The second-order valence-corrected chi connectivity index (χ2v) is 4.77. The molecule has 1 unspecified atom stereocenters. The van der Waals surface area contributed by atoms with E-state index in [9.17, 15) is 0 Å². The Balaban J connectivity index is 2.00. The van der Waals surface area contributed by atoms with Gasteiger partial charge in [0, 0.05) is 19.6 Å². The maximum absolute atomic E-state index is 5.71. The van der Waals surface area contributed by atoms with Gasteiger partial charge in [0.05, 0.1) is 13.2 Å². The van der Waals surface area contributed by atoms with Crippen molar-refractivity contribution in [3.8, 4) is 0 Å². The van der Waals surface area contributed by atoms with Gasteiger partial charge < -0.3 is 10.5 Å². The molecule has 1 aliphatic heterocycles. The minimum atomic E-state index is 0.444. The van der Waals surface area contributed by atoms with Gasteiger partial charge in [-0.2, -0.15) is 0 Å². The number of nitrogens with zero attached hydrogens (tertiary/aromatic N) is 1. The summed E-state index contributed by atoms with van der Waals surface area (Å²) in [6.45, 7) is 7.70. The zero-order valence-electron chi connectivity index (χ0n) is 10.6. The van der Waals surface area contributed by atoms with Gasteiger partial charge in [0.1, 0.15) is 0 Å². The Morgan fingerprint density at radius 3 is 2.82 bits per heavy atom. The van der Waals surface area contributed by atoms with E-state index in [0.29, 0.717) is 12.5 Å². The normalized spacial score (nSPS) is 19.2. The van der Waals surface area contributed by atoms with Crippen molar-refractivity contribution in [3.63, 3.8) is 0 Å². The number of hydrogen-bond donors (Lipinski definition) is 1. The summed E-state index contributed by atoms with van der Waals surface area (Å²) in [4.78, 5) is 2.44. The summed E-state index contributed by atoms with van der Waals surface area (Å²) < 4.78 is 5.36. The molecule has 1 atom stereocenters. The summed E-state index contributed by atoms with van der Waals surface area (Å²) in [5.41, 5.74) is 8.44. The minimum Gasteiger partial charge on any atom is -0.379 e. The van der Waals surface area contributed by atoms with Gasteiger partial charge in [-0.3, -0.25) is 4.90 Å². The first-order chi connectivity index (χ1) is 8.29. The molecule has 3 nitrogen and oxygen atoms in total. The van der Waals surface area contributed by atoms with Crippen LogP contribution in [0.15, 0.2) is 24.3 Å². The molecule has 1 saturated heterocycles. The molecule has 1 aromatic rings. The van der Waals surface area contributed by atoms with Crippen LogP contribution in [0.2, 0.25) is 0 Å². The summed E-state index contributed by atoms with van der Waals surface area (Å²) in [6.07, 6.45) is 0. The maximum Gasteiger partial charge on any atom is 0.0594 e. The van der Waals surface area contributed by atoms with Gasteiger partial charge in [-0.05, 0) is 23.6 Å². The highest BCUT2D eigenvalue weighted by atomic mass is 16.5. The van der Waals surface area contributed by atoms with Crippen LogP contribution in [0.3, 0.4) is 0 Å². The lowest BCUT2D eigenvalue weighted by atomic mass is 9.99. The van der Waals surface area contributed by atoms with Crippen LogP contribution in [-0.4, -0.2) is 37.7 Å². The van der Waals surface area contributed by atoms with E-state index in [1.54, 1.807) is 0 Å². The molecule has 1 aliphatic rings. The standard InChI is InChI=1S/C14H22N2O/c1-12(10-15)14-4-2-3-13(9-14)11-16-5-7-17-8-6-16/h2-4,9,12H,5-8,10-11,15H2,1H3. The molecule has 0 spiro atoms. The zero-order chi connectivity index (χ0) is 12.1. The van der Waals surface area contributed by atoms with E-state index in [1.165, 1.54) is 11.1 Å². The summed E-state index contributed by atoms with van der Waals surface area (Å²) in [5.74, 6) is 0.444. The van der Waals surface area contributed by atoms with E-state index < -0.39 is 0 Å². The van der Waals surface area contributed by atoms with E-state index in [0.717, 1.165) is 32.8 Å². The summed E-state index contributed by atoms with van der Waals surface area (Å²) >= 11 is 0. The van der Waals surface area contributed by atoms with Crippen molar-refractivity contribution in [1.82, 2.24) is 4.90 Å². The van der Waals surface area contributed by atoms with Gasteiger partial charge in [0.25, 0.3) is 0 Å². The third-order valence-electron chi connectivity index (χ3n) is 3.38. The average molecular weight is 234 g/mol. The zero-order valence-corrected chi connectivity index (χ0v) is 10.6. The van der Waals surface area contributed by atoms with Crippen molar-refractivity contribution in [2.45, 2.75) is 19.4 Å². The molecule has 2 N–H and O–H groups in total. The van der Waals surface area contributed by atoms with E-state index in [2.05, 4.69) is 36.1 Å². The molecule has 0 aliphatic carbocycles. The van der Waals surface area contributed by atoms with E-state index in [-0.39, 0.29) is 0 Å². The Hall–Kier alpha value is -0.900. The number of rotatable bonds is 4. The smallest absolute Gasteiger partial charge is 0.0594 e. The van der Waals surface area contributed by atoms with Crippen LogP contribution >= 0.6 is 0 Å². The van der Waals surface area contributed by atoms with Gasteiger partial charge in [-0.25, -0.2) is 0 Å². The fourth-order valence-electron chi connectivity index (χ4n) is 2.15. The highest BCUT2D eigenvalue weighted by Crippen LogP contribution is 2.16. The molecule has 0 radical (unpaired) electrons.